The van der Waals surface area contributed by atoms with Crippen LogP contribution in [0.25, 0.3) is 0 Å². The van der Waals surface area contributed by atoms with E-state index < -0.39 is 0 Å². The first kappa shape index (κ1) is 7.76. The molecule has 0 spiro atoms. The summed E-state index contributed by atoms with van der Waals surface area (Å²) in [6, 6.07) is 0.470. The number of oxazole rings is 1. The van der Waals surface area contributed by atoms with Crippen molar-refractivity contribution in [1.82, 2.24) is 15.6 Å². The predicted octanol–water partition coefficient (Wildman–Crippen LogP) is -0.221. The van der Waals surface area contributed by atoms with Crippen LogP contribution in [0.1, 0.15) is 5.89 Å². The van der Waals surface area contributed by atoms with E-state index in [0.29, 0.717) is 6.04 Å². The molecule has 0 aromatic carbocycles. The van der Waals surface area contributed by atoms with Gasteiger partial charge in [-0.2, -0.15) is 0 Å². The average molecular weight is 167 g/mol. The molecule has 4 heteroatoms. The lowest BCUT2D eigenvalue weighted by Crippen LogP contribution is -2.49. The standard InChI is InChI=1S/C8H13N3O/c1-2-10-7(6-9-1)5-8-11-3-4-12-8/h3-4,7,9-10H,1-2,5-6H2. The fraction of sp³-hybridized carbons (Fsp3) is 0.625. The van der Waals surface area contributed by atoms with Crippen LogP contribution in [-0.2, 0) is 6.42 Å². The summed E-state index contributed by atoms with van der Waals surface area (Å²) in [6.45, 7) is 3.09. The molecule has 1 aromatic heterocycles. The van der Waals surface area contributed by atoms with Gasteiger partial charge in [0.2, 0.25) is 0 Å². The minimum Gasteiger partial charge on any atom is -0.449 e. The van der Waals surface area contributed by atoms with E-state index in [1.165, 1.54) is 0 Å². The fourth-order valence-electron chi connectivity index (χ4n) is 1.42. The third kappa shape index (κ3) is 1.84. The fourth-order valence-corrected chi connectivity index (χ4v) is 1.42. The molecule has 12 heavy (non-hydrogen) atoms. The Balaban J connectivity index is 1.86. The number of nitrogens with one attached hydrogen (secondary N) is 2. The summed E-state index contributed by atoms with van der Waals surface area (Å²) in [5.74, 6) is 0.816. The molecule has 1 saturated heterocycles. The summed E-state index contributed by atoms with van der Waals surface area (Å²) in [7, 11) is 0. The Hall–Kier alpha value is -0.870. The second kappa shape index (κ2) is 3.69. The molecule has 2 rings (SSSR count). The van der Waals surface area contributed by atoms with Gasteiger partial charge in [0.25, 0.3) is 0 Å². The van der Waals surface area contributed by atoms with Gasteiger partial charge in [-0.3, -0.25) is 0 Å². The Kier molecular flexibility index (Phi) is 2.39. The number of hydrogen-bond acceptors (Lipinski definition) is 4. The highest BCUT2D eigenvalue weighted by Crippen LogP contribution is 2.00. The molecule has 0 amide bonds. The summed E-state index contributed by atoms with van der Waals surface area (Å²) in [5.41, 5.74) is 0. The normalized spacial score (nSPS) is 24.2. The quantitative estimate of drug-likeness (QED) is 0.639. The maximum atomic E-state index is 5.16. The van der Waals surface area contributed by atoms with Gasteiger partial charge in [-0.05, 0) is 0 Å². The average Bonchev–Trinajstić information content (AvgIpc) is 2.59. The summed E-state index contributed by atoms with van der Waals surface area (Å²) < 4.78 is 5.16. The maximum Gasteiger partial charge on any atom is 0.195 e. The molecule has 4 nitrogen and oxygen atoms in total. The third-order valence-electron chi connectivity index (χ3n) is 2.03. The van der Waals surface area contributed by atoms with Crippen LogP contribution in [0, 0.1) is 0 Å². The molecular formula is C8H13N3O. The molecule has 66 valence electrons. The van der Waals surface area contributed by atoms with Gasteiger partial charge in [0.1, 0.15) is 6.26 Å². The molecule has 1 unspecified atom stereocenters. The molecule has 1 aliphatic heterocycles. The molecule has 0 radical (unpaired) electrons. The number of piperazine rings is 1. The van der Waals surface area contributed by atoms with Gasteiger partial charge in [-0.1, -0.05) is 0 Å². The molecule has 0 bridgehead atoms. The van der Waals surface area contributed by atoms with E-state index in [9.17, 15) is 0 Å². The van der Waals surface area contributed by atoms with Crippen LogP contribution in [0.4, 0.5) is 0 Å². The van der Waals surface area contributed by atoms with Crippen molar-refractivity contribution in [3.63, 3.8) is 0 Å². The van der Waals surface area contributed by atoms with Crippen molar-refractivity contribution in [3.05, 3.63) is 18.4 Å². The van der Waals surface area contributed by atoms with E-state index in [1.807, 2.05) is 0 Å². The topological polar surface area (TPSA) is 50.1 Å². The van der Waals surface area contributed by atoms with Crippen LogP contribution in [0.3, 0.4) is 0 Å². The summed E-state index contributed by atoms with van der Waals surface area (Å²) in [5, 5.41) is 6.71. The predicted molar refractivity (Wildman–Crippen MR) is 44.9 cm³/mol. The zero-order valence-corrected chi connectivity index (χ0v) is 6.92. The summed E-state index contributed by atoms with van der Waals surface area (Å²) in [6.07, 6.45) is 4.18. The lowest BCUT2D eigenvalue weighted by Gasteiger charge is -2.23. The Morgan fingerprint density at radius 2 is 2.58 bits per heavy atom. The third-order valence-corrected chi connectivity index (χ3v) is 2.03. The van der Waals surface area contributed by atoms with Crippen molar-refractivity contribution in [3.8, 4) is 0 Å². The molecule has 1 aliphatic rings. The Morgan fingerprint density at radius 3 is 3.25 bits per heavy atom. The molecule has 2 heterocycles. The Labute approximate surface area is 71.4 Å². The number of nitrogens with zero attached hydrogens (tertiary/aromatic N) is 1. The molecule has 0 aliphatic carbocycles. The first-order chi connectivity index (χ1) is 5.95. The van der Waals surface area contributed by atoms with Gasteiger partial charge in [0.05, 0.1) is 6.20 Å². The van der Waals surface area contributed by atoms with Gasteiger partial charge in [0, 0.05) is 32.1 Å². The molecule has 1 fully saturated rings. The zero-order valence-electron chi connectivity index (χ0n) is 6.92. The number of rotatable bonds is 2. The van der Waals surface area contributed by atoms with Crippen molar-refractivity contribution >= 4 is 0 Å². The number of aromatic nitrogens is 1. The van der Waals surface area contributed by atoms with Crippen LogP contribution in [0.5, 0.6) is 0 Å². The van der Waals surface area contributed by atoms with Gasteiger partial charge in [-0.15, -0.1) is 0 Å². The highest BCUT2D eigenvalue weighted by Gasteiger charge is 2.13. The lowest BCUT2D eigenvalue weighted by molar-refractivity contribution is 0.381. The molecule has 1 aromatic rings. The van der Waals surface area contributed by atoms with Crippen LogP contribution < -0.4 is 10.6 Å². The minimum absolute atomic E-state index is 0.470. The highest BCUT2D eigenvalue weighted by molar-refractivity contribution is 4.88. The first-order valence-electron chi connectivity index (χ1n) is 4.27. The van der Waals surface area contributed by atoms with E-state index in [0.717, 1.165) is 31.9 Å². The van der Waals surface area contributed by atoms with Crippen LogP contribution in [-0.4, -0.2) is 30.7 Å². The lowest BCUT2D eigenvalue weighted by atomic mass is 10.2. The Morgan fingerprint density at radius 1 is 1.58 bits per heavy atom. The second-order valence-corrected chi connectivity index (χ2v) is 2.99. The molecular weight excluding hydrogens is 154 g/mol. The van der Waals surface area contributed by atoms with Gasteiger partial charge in [0.15, 0.2) is 5.89 Å². The van der Waals surface area contributed by atoms with Crippen molar-refractivity contribution in [2.45, 2.75) is 12.5 Å². The SMILES string of the molecule is c1coc(CC2CNCCN2)n1. The van der Waals surface area contributed by atoms with Gasteiger partial charge >= 0.3 is 0 Å². The van der Waals surface area contributed by atoms with Gasteiger partial charge < -0.3 is 15.1 Å². The van der Waals surface area contributed by atoms with Crippen molar-refractivity contribution in [1.29, 1.82) is 0 Å². The van der Waals surface area contributed by atoms with Gasteiger partial charge in [-0.25, -0.2) is 4.98 Å². The van der Waals surface area contributed by atoms with Crippen molar-refractivity contribution in [2.75, 3.05) is 19.6 Å². The van der Waals surface area contributed by atoms with Crippen LogP contribution >= 0.6 is 0 Å². The molecule has 1 atom stereocenters. The zero-order chi connectivity index (χ0) is 8.23. The van der Waals surface area contributed by atoms with E-state index >= 15 is 0 Å². The largest absolute Gasteiger partial charge is 0.449 e. The van der Waals surface area contributed by atoms with E-state index in [-0.39, 0.29) is 0 Å². The highest BCUT2D eigenvalue weighted by atomic mass is 16.3. The smallest absolute Gasteiger partial charge is 0.195 e. The molecule has 2 N–H and O–H groups in total. The molecule has 0 saturated carbocycles. The Bertz CT molecular complexity index is 216. The monoisotopic (exact) mass is 167 g/mol. The number of hydrogen-bond donors (Lipinski definition) is 2. The van der Waals surface area contributed by atoms with Crippen LogP contribution in [0.2, 0.25) is 0 Å². The first-order valence-corrected chi connectivity index (χ1v) is 4.27. The van der Waals surface area contributed by atoms with Crippen LogP contribution in [0.15, 0.2) is 16.9 Å². The van der Waals surface area contributed by atoms with E-state index in [4.69, 9.17) is 4.42 Å². The maximum absolute atomic E-state index is 5.16. The second-order valence-electron chi connectivity index (χ2n) is 2.99. The van der Waals surface area contributed by atoms with E-state index in [1.54, 1.807) is 12.5 Å². The van der Waals surface area contributed by atoms with Crippen molar-refractivity contribution < 1.29 is 4.42 Å². The summed E-state index contributed by atoms with van der Waals surface area (Å²) in [4.78, 5) is 4.08. The van der Waals surface area contributed by atoms with Crippen molar-refractivity contribution in [2.24, 2.45) is 0 Å². The minimum atomic E-state index is 0.470. The van der Waals surface area contributed by atoms with E-state index in [2.05, 4.69) is 15.6 Å². The summed E-state index contributed by atoms with van der Waals surface area (Å²) >= 11 is 0.